The number of hydrogen-bond donors (Lipinski definition) is 1. The Kier molecular flexibility index (Phi) is 4.91. The van der Waals surface area contributed by atoms with Crippen LogP contribution >= 0.6 is 0 Å². The Balaban J connectivity index is 1.82. The number of aliphatic hydroxyl groups is 1. The maximum absolute atomic E-state index is 12.8. The van der Waals surface area contributed by atoms with Crippen molar-refractivity contribution < 1.29 is 14.2 Å². The van der Waals surface area contributed by atoms with E-state index in [0.717, 1.165) is 25.1 Å². The lowest BCUT2D eigenvalue weighted by molar-refractivity contribution is 0.0749. The molecular weight excluding hydrogens is 245 g/mol. The highest BCUT2D eigenvalue weighted by molar-refractivity contribution is 5.18. The van der Waals surface area contributed by atoms with Crippen LogP contribution < -0.4 is 0 Å². The zero-order chi connectivity index (χ0) is 13.8. The summed E-state index contributed by atoms with van der Waals surface area (Å²) < 4.78 is 18.4. The molecule has 3 unspecified atom stereocenters. The smallest absolute Gasteiger partial charge is 0.123 e. The molecule has 0 aliphatic carbocycles. The van der Waals surface area contributed by atoms with Gasteiger partial charge in [-0.25, -0.2) is 4.39 Å². The van der Waals surface area contributed by atoms with Gasteiger partial charge in [0.1, 0.15) is 5.82 Å². The Labute approximate surface area is 114 Å². The maximum atomic E-state index is 12.8. The molecular formula is C15H22FNO2. The third-order valence-corrected chi connectivity index (χ3v) is 3.91. The quantitative estimate of drug-likeness (QED) is 0.889. The van der Waals surface area contributed by atoms with Gasteiger partial charge in [0.2, 0.25) is 0 Å². The first-order valence-electron chi connectivity index (χ1n) is 6.83. The van der Waals surface area contributed by atoms with Gasteiger partial charge >= 0.3 is 0 Å². The summed E-state index contributed by atoms with van der Waals surface area (Å²) in [6, 6.07) is 6.48. The number of benzene rings is 1. The van der Waals surface area contributed by atoms with Gasteiger partial charge < -0.3 is 14.7 Å². The van der Waals surface area contributed by atoms with Crippen LogP contribution in [0, 0.1) is 5.82 Å². The molecule has 0 amide bonds. The topological polar surface area (TPSA) is 32.7 Å². The molecule has 0 aromatic heterocycles. The van der Waals surface area contributed by atoms with Crippen LogP contribution in [0.2, 0.25) is 0 Å². The number of aliphatic hydroxyl groups excluding tert-OH is 1. The van der Waals surface area contributed by atoms with Crippen molar-refractivity contribution in [1.82, 2.24) is 4.90 Å². The second-order valence-corrected chi connectivity index (χ2v) is 5.27. The minimum atomic E-state index is -0.541. The second-order valence-electron chi connectivity index (χ2n) is 5.27. The Bertz CT molecular complexity index is 396. The van der Waals surface area contributed by atoms with E-state index in [0.29, 0.717) is 12.5 Å². The van der Waals surface area contributed by atoms with Gasteiger partial charge in [-0.2, -0.15) is 0 Å². The lowest BCUT2D eigenvalue weighted by Crippen LogP contribution is -2.37. The molecule has 1 aliphatic rings. The van der Waals surface area contributed by atoms with Gasteiger partial charge in [0.15, 0.2) is 0 Å². The molecule has 1 saturated heterocycles. The molecule has 1 fully saturated rings. The van der Waals surface area contributed by atoms with Gasteiger partial charge in [-0.3, -0.25) is 0 Å². The number of halogens is 1. The molecule has 2 rings (SSSR count). The molecule has 0 bridgehead atoms. The number of likely N-dealkylation sites (N-methyl/N-ethyl adjacent to an activating group) is 1. The van der Waals surface area contributed by atoms with Crippen molar-refractivity contribution in [3.63, 3.8) is 0 Å². The van der Waals surface area contributed by atoms with Crippen LogP contribution in [-0.4, -0.2) is 42.4 Å². The highest BCUT2D eigenvalue weighted by Gasteiger charge is 2.27. The predicted molar refractivity (Wildman–Crippen MR) is 72.4 cm³/mol. The summed E-state index contributed by atoms with van der Waals surface area (Å²) in [6.07, 6.45) is 1.41. The predicted octanol–water partition coefficient (Wildman–Crippen LogP) is 2.36. The van der Waals surface area contributed by atoms with Crippen molar-refractivity contribution in [2.24, 2.45) is 0 Å². The zero-order valence-electron chi connectivity index (χ0n) is 11.6. The first-order chi connectivity index (χ1) is 9.08. The van der Waals surface area contributed by atoms with E-state index in [1.165, 1.54) is 12.1 Å². The van der Waals surface area contributed by atoms with Crippen LogP contribution in [0.25, 0.3) is 0 Å². The van der Waals surface area contributed by atoms with Crippen molar-refractivity contribution in [1.29, 1.82) is 0 Å². The standard InChI is InChI=1S/C15H22FNO2/c1-11-14(8-10-19-11)17(2)9-7-15(18)12-3-5-13(16)6-4-12/h3-6,11,14-15,18H,7-10H2,1-2H3. The van der Waals surface area contributed by atoms with Crippen molar-refractivity contribution in [2.45, 2.75) is 38.0 Å². The summed E-state index contributed by atoms with van der Waals surface area (Å²) in [6.45, 7) is 3.71. The van der Waals surface area contributed by atoms with Gasteiger partial charge in [0.05, 0.1) is 12.2 Å². The molecule has 3 nitrogen and oxygen atoms in total. The van der Waals surface area contributed by atoms with E-state index in [1.807, 2.05) is 0 Å². The fourth-order valence-electron chi connectivity index (χ4n) is 2.64. The molecule has 0 spiro atoms. The number of ether oxygens (including phenoxy) is 1. The normalized spacial score (nSPS) is 24.9. The van der Waals surface area contributed by atoms with Gasteiger partial charge in [-0.05, 0) is 44.5 Å². The van der Waals surface area contributed by atoms with Crippen LogP contribution in [0.3, 0.4) is 0 Å². The Morgan fingerprint density at radius 3 is 2.68 bits per heavy atom. The largest absolute Gasteiger partial charge is 0.388 e. The van der Waals surface area contributed by atoms with Crippen molar-refractivity contribution in [2.75, 3.05) is 20.2 Å². The van der Waals surface area contributed by atoms with E-state index in [-0.39, 0.29) is 11.9 Å². The van der Waals surface area contributed by atoms with E-state index in [1.54, 1.807) is 12.1 Å². The summed E-state index contributed by atoms with van der Waals surface area (Å²) in [5, 5.41) is 10.1. The molecule has 1 aliphatic heterocycles. The molecule has 0 radical (unpaired) electrons. The van der Waals surface area contributed by atoms with Gasteiger partial charge in [-0.1, -0.05) is 12.1 Å². The number of hydrogen-bond acceptors (Lipinski definition) is 3. The van der Waals surface area contributed by atoms with E-state index < -0.39 is 6.10 Å². The Morgan fingerprint density at radius 2 is 2.11 bits per heavy atom. The molecule has 1 aromatic rings. The van der Waals surface area contributed by atoms with Crippen molar-refractivity contribution >= 4 is 0 Å². The Morgan fingerprint density at radius 1 is 1.42 bits per heavy atom. The molecule has 19 heavy (non-hydrogen) atoms. The summed E-state index contributed by atoms with van der Waals surface area (Å²) in [7, 11) is 2.06. The minimum Gasteiger partial charge on any atom is -0.388 e. The lowest BCUT2D eigenvalue weighted by Gasteiger charge is -2.27. The van der Waals surface area contributed by atoms with Crippen LogP contribution in [0.15, 0.2) is 24.3 Å². The van der Waals surface area contributed by atoms with Crippen LogP contribution in [0.4, 0.5) is 4.39 Å². The highest BCUT2D eigenvalue weighted by Crippen LogP contribution is 2.21. The number of nitrogens with zero attached hydrogens (tertiary/aromatic N) is 1. The summed E-state index contributed by atoms with van der Waals surface area (Å²) in [4.78, 5) is 2.24. The molecule has 4 heteroatoms. The third-order valence-electron chi connectivity index (χ3n) is 3.91. The van der Waals surface area contributed by atoms with Crippen molar-refractivity contribution in [3.05, 3.63) is 35.6 Å². The van der Waals surface area contributed by atoms with Crippen LogP contribution in [-0.2, 0) is 4.74 Å². The average Bonchev–Trinajstić information content (AvgIpc) is 2.83. The zero-order valence-corrected chi connectivity index (χ0v) is 11.6. The first-order valence-corrected chi connectivity index (χ1v) is 6.83. The SMILES string of the molecule is CC1OCCC1N(C)CCC(O)c1ccc(F)cc1. The monoisotopic (exact) mass is 267 g/mol. The molecule has 1 aromatic carbocycles. The fraction of sp³-hybridized carbons (Fsp3) is 0.600. The molecule has 3 atom stereocenters. The minimum absolute atomic E-state index is 0.257. The second kappa shape index (κ2) is 6.46. The van der Waals surface area contributed by atoms with Gasteiger partial charge in [0, 0.05) is 19.2 Å². The summed E-state index contributed by atoms with van der Waals surface area (Å²) >= 11 is 0. The van der Waals surface area contributed by atoms with Crippen LogP contribution in [0.5, 0.6) is 0 Å². The highest BCUT2D eigenvalue weighted by atomic mass is 19.1. The first kappa shape index (κ1) is 14.4. The van der Waals surface area contributed by atoms with E-state index >= 15 is 0 Å². The van der Waals surface area contributed by atoms with E-state index in [4.69, 9.17) is 4.74 Å². The summed E-state index contributed by atoms with van der Waals surface area (Å²) in [5.74, 6) is -0.273. The number of rotatable bonds is 5. The van der Waals surface area contributed by atoms with Crippen LogP contribution in [0.1, 0.15) is 31.4 Å². The summed E-state index contributed by atoms with van der Waals surface area (Å²) in [5.41, 5.74) is 0.769. The van der Waals surface area contributed by atoms with Gasteiger partial charge in [0.25, 0.3) is 0 Å². The fourth-order valence-corrected chi connectivity index (χ4v) is 2.64. The lowest BCUT2D eigenvalue weighted by atomic mass is 10.1. The molecule has 0 saturated carbocycles. The average molecular weight is 267 g/mol. The third kappa shape index (κ3) is 3.75. The maximum Gasteiger partial charge on any atom is 0.123 e. The van der Waals surface area contributed by atoms with Gasteiger partial charge in [-0.15, -0.1) is 0 Å². The Hall–Kier alpha value is -0.970. The molecule has 106 valence electrons. The van der Waals surface area contributed by atoms with E-state index in [2.05, 4.69) is 18.9 Å². The van der Waals surface area contributed by atoms with E-state index in [9.17, 15) is 9.50 Å². The van der Waals surface area contributed by atoms with Crippen molar-refractivity contribution in [3.8, 4) is 0 Å². The molecule has 1 heterocycles. The molecule has 1 N–H and O–H groups in total.